The smallest absolute Gasteiger partial charge is 0.0670 e. The van der Waals surface area contributed by atoms with E-state index in [1.54, 1.807) is 0 Å². The van der Waals surface area contributed by atoms with Crippen LogP contribution in [0.5, 0.6) is 0 Å². The van der Waals surface area contributed by atoms with Gasteiger partial charge < -0.3 is 10.1 Å². The second kappa shape index (κ2) is 5.89. The van der Waals surface area contributed by atoms with Crippen molar-refractivity contribution in [3.05, 3.63) is 0 Å². The summed E-state index contributed by atoms with van der Waals surface area (Å²) in [7, 11) is 1.83. The van der Waals surface area contributed by atoms with Crippen LogP contribution in [0.1, 0.15) is 46.5 Å². The number of ether oxygens (including phenoxy) is 1. The molecule has 1 aliphatic heterocycles. The molecule has 3 nitrogen and oxygen atoms in total. The van der Waals surface area contributed by atoms with Gasteiger partial charge in [-0.3, -0.25) is 4.90 Å². The van der Waals surface area contributed by atoms with Crippen LogP contribution < -0.4 is 5.32 Å². The van der Waals surface area contributed by atoms with E-state index >= 15 is 0 Å². The normalized spacial score (nSPS) is 30.3. The Balaban J connectivity index is 2.02. The van der Waals surface area contributed by atoms with Crippen molar-refractivity contribution in [3.8, 4) is 0 Å². The molecule has 2 fully saturated rings. The van der Waals surface area contributed by atoms with Crippen LogP contribution in [0.25, 0.3) is 0 Å². The van der Waals surface area contributed by atoms with Crippen LogP contribution in [-0.4, -0.2) is 49.3 Å². The summed E-state index contributed by atoms with van der Waals surface area (Å²) in [6.07, 6.45) is 5.64. The van der Waals surface area contributed by atoms with Gasteiger partial charge in [-0.1, -0.05) is 13.8 Å². The Kier molecular flexibility index (Phi) is 4.68. The molecule has 1 aliphatic carbocycles. The highest BCUT2D eigenvalue weighted by atomic mass is 16.5. The van der Waals surface area contributed by atoms with Gasteiger partial charge in [0.25, 0.3) is 0 Å². The Morgan fingerprint density at radius 2 is 2.00 bits per heavy atom. The lowest BCUT2D eigenvalue weighted by Crippen LogP contribution is -2.65. The van der Waals surface area contributed by atoms with Gasteiger partial charge in [-0.15, -0.1) is 0 Å². The summed E-state index contributed by atoms with van der Waals surface area (Å²) < 4.78 is 5.47. The first-order chi connectivity index (χ1) is 8.64. The average molecular weight is 254 g/mol. The Morgan fingerprint density at radius 1 is 1.33 bits per heavy atom. The van der Waals surface area contributed by atoms with Gasteiger partial charge in [-0.25, -0.2) is 0 Å². The van der Waals surface area contributed by atoms with Gasteiger partial charge >= 0.3 is 0 Å². The summed E-state index contributed by atoms with van der Waals surface area (Å²) in [5.74, 6) is 0.938. The number of hydrogen-bond acceptors (Lipinski definition) is 3. The van der Waals surface area contributed by atoms with Crippen molar-refractivity contribution in [3.63, 3.8) is 0 Å². The van der Waals surface area contributed by atoms with E-state index in [2.05, 4.69) is 31.0 Å². The van der Waals surface area contributed by atoms with Gasteiger partial charge in [0.05, 0.1) is 6.10 Å². The van der Waals surface area contributed by atoms with Crippen molar-refractivity contribution in [2.24, 2.45) is 5.92 Å². The summed E-state index contributed by atoms with van der Waals surface area (Å²) in [6.45, 7) is 10.3. The number of piperazine rings is 1. The molecular weight excluding hydrogens is 224 g/mol. The highest BCUT2D eigenvalue weighted by Crippen LogP contribution is 2.38. The highest BCUT2D eigenvalue weighted by molar-refractivity contribution is 5.01. The van der Waals surface area contributed by atoms with Crippen LogP contribution in [0.15, 0.2) is 0 Å². The largest absolute Gasteiger partial charge is 0.380 e. The molecule has 0 spiro atoms. The number of methoxy groups -OCH3 is 1. The molecule has 0 aromatic heterocycles. The molecule has 1 saturated heterocycles. The van der Waals surface area contributed by atoms with E-state index in [1.807, 2.05) is 7.11 Å². The Morgan fingerprint density at radius 3 is 2.50 bits per heavy atom. The van der Waals surface area contributed by atoms with Crippen molar-refractivity contribution in [2.45, 2.75) is 64.1 Å². The van der Waals surface area contributed by atoms with Crippen molar-refractivity contribution >= 4 is 0 Å². The molecule has 0 aromatic rings. The van der Waals surface area contributed by atoms with E-state index in [-0.39, 0.29) is 0 Å². The van der Waals surface area contributed by atoms with E-state index in [4.69, 9.17) is 4.74 Å². The predicted molar refractivity (Wildman–Crippen MR) is 75.9 cm³/mol. The number of rotatable bonds is 6. The first kappa shape index (κ1) is 14.3. The van der Waals surface area contributed by atoms with Gasteiger partial charge in [0.15, 0.2) is 0 Å². The zero-order valence-electron chi connectivity index (χ0n) is 12.5. The molecule has 1 N–H and O–H groups in total. The lowest BCUT2D eigenvalue weighted by atomic mass is 9.87. The van der Waals surface area contributed by atoms with Crippen molar-refractivity contribution in [1.29, 1.82) is 0 Å². The summed E-state index contributed by atoms with van der Waals surface area (Å²) in [4.78, 5) is 2.70. The maximum atomic E-state index is 5.47. The minimum atomic E-state index is 0.332. The molecule has 0 radical (unpaired) electrons. The molecule has 2 atom stereocenters. The molecule has 1 saturated carbocycles. The molecular formula is C15H30N2O. The summed E-state index contributed by atoms with van der Waals surface area (Å²) in [5, 5.41) is 3.84. The van der Waals surface area contributed by atoms with Crippen LogP contribution >= 0.6 is 0 Å². The molecule has 3 heteroatoms. The van der Waals surface area contributed by atoms with E-state index in [0.29, 0.717) is 11.6 Å². The van der Waals surface area contributed by atoms with E-state index in [0.717, 1.165) is 18.5 Å². The fourth-order valence-electron chi connectivity index (χ4n) is 3.29. The van der Waals surface area contributed by atoms with Crippen LogP contribution in [0.2, 0.25) is 0 Å². The van der Waals surface area contributed by atoms with Crippen molar-refractivity contribution in [2.75, 3.05) is 26.7 Å². The van der Waals surface area contributed by atoms with Gasteiger partial charge in [-0.2, -0.15) is 0 Å². The van der Waals surface area contributed by atoms with Crippen molar-refractivity contribution < 1.29 is 4.74 Å². The maximum absolute atomic E-state index is 5.47. The number of nitrogens with one attached hydrogen (secondary N) is 1. The zero-order valence-corrected chi connectivity index (χ0v) is 12.5. The summed E-state index contributed by atoms with van der Waals surface area (Å²) in [5.41, 5.74) is 0.332. The van der Waals surface area contributed by atoms with E-state index in [1.165, 1.54) is 38.8 Å². The van der Waals surface area contributed by atoms with Crippen molar-refractivity contribution in [1.82, 2.24) is 10.2 Å². The van der Waals surface area contributed by atoms with E-state index in [9.17, 15) is 0 Å². The summed E-state index contributed by atoms with van der Waals surface area (Å²) >= 11 is 0. The molecule has 2 unspecified atom stereocenters. The molecule has 0 amide bonds. The molecule has 106 valence electrons. The third-order valence-electron chi connectivity index (χ3n) is 5.07. The van der Waals surface area contributed by atoms with Gasteiger partial charge in [0, 0.05) is 38.3 Å². The topological polar surface area (TPSA) is 24.5 Å². The Labute approximate surface area is 112 Å². The van der Waals surface area contributed by atoms with Crippen LogP contribution in [-0.2, 0) is 4.74 Å². The second-order valence-electron chi connectivity index (χ2n) is 6.25. The minimum absolute atomic E-state index is 0.332. The van der Waals surface area contributed by atoms with Crippen LogP contribution in [0.3, 0.4) is 0 Å². The van der Waals surface area contributed by atoms with Gasteiger partial charge in [0.1, 0.15) is 0 Å². The monoisotopic (exact) mass is 254 g/mol. The molecule has 0 bridgehead atoms. The average Bonchev–Trinajstić information content (AvgIpc) is 3.22. The third-order valence-corrected chi connectivity index (χ3v) is 5.07. The standard InChI is InChI=1S/C15H30N2O/c1-5-15(6-2)11-17(10-12(3)18-4)14(9-16-15)13-7-8-13/h12-14,16H,5-11H2,1-4H3. The number of nitrogens with zero attached hydrogens (tertiary/aromatic N) is 1. The molecule has 1 heterocycles. The van der Waals surface area contributed by atoms with Gasteiger partial charge in [-0.05, 0) is 38.5 Å². The van der Waals surface area contributed by atoms with Crippen LogP contribution in [0, 0.1) is 5.92 Å². The summed E-state index contributed by atoms with van der Waals surface area (Å²) in [6, 6.07) is 0.744. The first-order valence-electron chi connectivity index (χ1n) is 7.66. The lowest BCUT2D eigenvalue weighted by molar-refractivity contribution is 0.0116. The molecule has 2 aliphatic rings. The van der Waals surface area contributed by atoms with Gasteiger partial charge in [0.2, 0.25) is 0 Å². The molecule has 0 aromatic carbocycles. The Hall–Kier alpha value is -0.120. The highest BCUT2D eigenvalue weighted by Gasteiger charge is 2.43. The SMILES string of the molecule is CCC1(CC)CN(CC(C)OC)C(C2CC2)CN1. The third kappa shape index (κ3) is 3.06. The quantitative estimate of drug-likeness (QED) is 0.787. The second-order valence-corrected chi connectivity index (χ2v) is 6.25. The van der Waals surface area contributed by atoms with Crippen LogP contribution in [0.4, 0.5) is 0 Å². The minimum Gasteiger partial charge on any atom is -0.380 e. The lowest BCUT2D eigenvalue weighted by Gasteiger charge is -2.48. The zero-order chi connectivity index (χ0) is 13.2. The number of hydrogen-bond donors (Lipinski definition) is 1. The Bertz CT molecular complexity index is 261. The van der Waals surface area contributed by atoms with E-state index < -0.39 is 0 Å². The maximum Gasteiger partial charge on any atom is 0.0670 e. The first-order valence-corrected chi connectivity index (χ1v) is 7.66. The molecule has 18 heavy (non-hydrogen) atoms. The fraction of sp³-hybridized carbons (Fsp3) is 1.00. The molecule has 2 rings (SSSR count). The fourth-order valence-corrected chi connectivity index (χ4v) is 3.29. The predicted octanol–water partition coefficient (Wildman–Crippen LogP) is 2.26.